The number of carbonyl (C=O) groups excluding carboxylic acids is 2. The van der Waals surface area contributed by atoms with Crippen LogP contribution < -0.4 is 4.74 Å². The molecular weight excluding hydrogens is 320 g/mol. The highest BCUT2D eigenvalue weighted by molar-refractivity contribution is 6.24. The van der Waals surface area contributed by atoms with Crippen LogP contribution in [0.25, 0.3) is 5.57 Å². The van der Waals surface area contributed by atoms with Crippen molar-refractivity contribution < 1.29 is 23.8 Å². The van der Waals surface area contributed by atoms with Gasteiger partial charge < -0.3 is 14.2 Å². The van der Waals surface area contributed by atoms with Crippen LogP contribution in [0.5, 0.6) is 5.75 Å². The fourth-order valence-electron chi connectivity index (χ4n) is 4.25. The first-order valence-electron chi connectivity index (χ1n) is 8.83. The lowest BCUT2D eigenvalue weighted by atomic mass is 9.71. The Balaban J connectivity index is 1.60. The molecule has 1 heterocycles. The molecule has 0 bridgehead atoms. The molecule has 25 heavy (non-hydrogen) atoms. The van der Waals surface area contributed by atoms with Crippen LogP contribution in [0.3, 0.4) is 0 Å². The van der Waals surface area contributed by atoms with Gasteiger partial charge in [-0.05, 0) is 24.3 Å². The number of ketones is 1. The summed E-state index contributed by atoms with van der Waals surface area (Å²) < 4.78 is 16.9. The second-order valence-corrected chi connectivity index (χ2v) is 7.22. The van der Waals surface area contributed by atoms with Crippen molar-refractivity contribution in [1.29, 1.82) is 0 Å². The molecule has 2 fully saturated rings. The average Bonchev–Trinajstić information content (AvgIpc) is 3.16. The molecule has 2 spiro atoms. The molecular formula is C20H22O5. The Hall–Kier alpha value is -1.98. The van der Waals surface area contributed by atoms with E-state index < -0.39 is 5.79 Å². The van der Waals surface area contributed by atoms with E-state index in [0.717, 1.165) is 25.7 Å². The van der Waals surface area contributed by atoms with Crippen molar-refractivity contribution in [3.8, 4) is 5.75 Å². The van der Waals surface area contributed by atoms with E-state index in [2.05, 4.69) is 6.08 Å². The van der Waals surface area contributed by atoms with E-state index in [9.17, 15) is 9.59 Å². The zero-order valence-corrected chi connectivity index (χ0v) is 14.4. The number of ether oxygens (including phenoxy) is 3. The van der Waals surface area contributed by atoms with Gasteiger partial charge in [-0.1, -0.05) is 24.3 Å². The normalized spacial score (nSPS) is 23.9. The largest absolute Gasteiger partial charge is 0.426 e. The predicted molar refractivity (Wildman–Crippen MR) is 90.9 cm³/mol. The summed E-state index contributed by atoms with van der Waals surface area (Å²) in [5.41, 5.74) is 1.24. The molecule has 0 amide bonds. The van der Waals surface area contributed by atoms with Gasteiger partial charge in [-0.25, -0.2) is 0 Å². The van der Waals surface area contributed by atoms with Crippen molar-refractivity contribution in [2.24, 2.45) is 5.41 Å². The van der Waals surface area contributed by atoms with Gasteiger partial charge in [0.05, 0.1) is 13.2 Å². The number of hydrogen-bond acceptors (Lipinski definition) is 5. The Labute approximate surface area is 146 Å². The van der Waals surface area contributed by atoms with Gasteiger partial charge in [0.15, 0.2) is 11.6 Å². The topological polar surface area (TPSA) is 61.8 Å². The maximum absolute atomic E-state index is 12.7. The molecule has 1 aromatic rings. The second kappa shape index (κ2) is 6.07. The van der Waals surface area contributed by atoms with Crippen LogP contribution in [0.1, 0.15) is 44.6 Å². The number of rotatable bonds is 2. The molecule has 1 aromatic carbocycles. The van der Waals surface area contributed by atoms with Gasteiger partial charge in [-0.2, -0.15) is 0 Å². The average molecular weight is 342 g/mol. The number of esters is 1. The number of carbonyl (C=O) groups is 2. The minimum Gasteiger partial charge on any atom is -0.426 e. The Morgan fingerprint density at radius 2 is 1.76 bits per heavy atom. The lowest BCUT2D eigenvalue weighted by molar-refractivity contribution is -0.188. The number of allylic oxidation sites excluding steroid dienone is 2. The van der Waals surface area contributed by atoms with Gasteiger partial charge in [0.1, 0.15) is 5.75 Å². The third-order valence-electron chi connectivity index (χ3n) is 5.52. The number of hydrogen-bond donors (Lipinski definition) is 0. The first-order chi connectivity index (χ1) is 12.0. The van der Waals surface area contributed by atoms with Crippen molar-refractivity contribution in [2.75, 3.05) is 13.2 Å². The molecule has 0 atom stereocenters. The van der Waals surface area contributed by atoms with Gasteiger partial charge in [0.25, 0.3) is 0 Å². The van der Waals surface area contributed by atoms with Crippen molar-refractivity contribution in [1.82, 2.24) is 0 Å². The SMILES string of the molecule is CC(=O)Oc1ccccc1C1=CC2(CCC3(CC2)OCCO3)CC1=O. The van der Waals surface area contributed by atoms with Crippen LogP contribution in [-0.4, -0.2) is 30.8 Å². The van der Waals surface area contributed by atoms with Gasteiger partial charge in [0, 0.05) is 37.3 Å². The van der Waals surface area contributed by atoms with E-state index in [0.29, 0.717) is 36.5 Å². The van der Waals surface area contributed by atoms with Gasteiger partial charge >= 0.3 is 5.97 Å². The van der Waals surface area contributed by atoms with Crippen LogP contribution in [0.2, 0.25) is 0 Å². The zero-order chi connectivity index (χ0) is 17.5. The maximum atomic E-state index is 12.7. The molecule has 0 radical (unpaired) electrons. The van der Waals surface area contributed by atoms with E-state index in [4.69, 9.17) is 14.2 Å². The van der Waals surface area contributed by atoms with E-state index in [1.807, 2.05) is 12.1 Å². The minimum absolute atomic E-state index is 0.115. The lowest BCUT2D eigenvalue weighted by Crippen LogP contribution is -2.38. The molecule has 1 saturated heterocycles. The molecule has 132 valence electrons. The number of para-hydroxylation sites is 1. The quantitative estimate of drug-likeness (QED) is 0.610. The molecule has 3 aliphatic rings. The van der Waals surface area contributed by atoms with E-state index in [1.54, 1.807) is 12.1 Å². The van der Waals surface area contributed by atoms with Crippen molar-refractivity contribution in [2.45, 2.75) is 44.8 Å². The summed E-state index contributed by atoms with van der Waals surface area (Å²) in [6.45, 7) is 2.68. The van der Waals surface area contributed by atoms with Gasteiger partial charge in [0.2, 0.25) is 0 Å². The van der Waals surface area contributed by atoms with Crippen molar-refractivity contribution in [3.63, 3.8) is 0 Å². The minimum atomic E-state index is -0.430. The number of Topliss-reactive ketones (excluding diaryl/α,β-unsaturated/α-hetero) is 1. The Kier molecular flexibility index (Phi) is 4.01. The highest BCUT2D eigenvalue weighted by Gasteiger charge is 2.48. The van der Waals surface area contributed by atoms with E-state index in [-0.39, 0.29) is 17.2 Å². The van der Waals surface area contributed by atoms with Crippen LogP contribution in [0.4, 0.5) is 0 Å². The van der Waals surface area contributed by atoms with Crippen molar-refractivity contribution >= 4 is 17.3 Å². The van der Waals surface area contributed by atoms with E-state index >= 15 is 0 Å². The van der Waals surface area contributed by atoms with Crippen LogP contribution >= 0.6 is 0 Å². The Morgan fingerprint density at radius 1 is 1.08 bits per heavy atom. The summed E-state index contributed by atoms with van der Waals surface area (Å²) in [4.78, 5) is 24.1. The second-order valence-electron chi connectivity index (χ2n) is 7.22. The monoisotopic (exact) mass is 342 g/mol. The highest BCUT2D eigenvalue weighted by atomic mass is 16.7. The lowest BCUT2D eigenvalue weighted by Gasteiger charge is -2.40. The molecule has 5 heteroatoms. The molecule has 4 rings (SSSR count). The Morgan fingerprint density at radius 3 is 2.44 bits per heavy atom. The third kappa shape index (κ3) is 3.02. The first kappa shape index (κ1) is 16.5. The molecule has 1 aliphatic heterocycles. The molecule has 1 saturated carbocycles. The standard InChI is InChI=1S/C20H22O5/c1-14(21)25-18-5-3-2-4-15(18)16-12-19(13-17(16)22)6-8-20(9-7-19)23-10-11-24-20/h2-5,12H,6-11,13H2,1H3. The highest BCUT2D eigenvalue weighted by Crippen LogP contribution is 2.52. The summed E-state index contributed by atoms with van der Waals surface area (Å²) in [6, 6.07) is 7.23. The molecule has 2 aliphatic carbocycles. The fourth-order valence-corrected chi connectivity index (χ4v) is 4.25. The predicted octanol–water partition coefficient (Wildman–Crippen LogP) is 3.27. The fraction of sp³-hybridized carbons (Fsp3) is 0.500. The zero-order valence-electron chi connectivity index (χ0n) is 14.4. The summed E-state index contributed by atoms with van der Waals surface area (Å²) >= 11 is 0. The van der Waals surface area contributed by atoms with Gasteiger partial charge in [-0.15, -0.1) is 0 Å². The molecule has 0 unspecified atom stereocenters. The molecule has 5 nitrogen and oxygen atoms in total. The van der Waals surface area contributed by atoms with Crippen molar-refractivity contribution in [3.05, 3.63) is 35.9 Å². The first-order valence-corrected chi connectivity index (χ1v) is 8.83. The Bertz CT molecular complexity index is 732. The van der Waals surface area contributed by atoms with Gasteiger partial charge in [-0.3, -0.25) is 9.59 Å². The van der Waals surface area contributed by atoms with E-state index in [1.165, 1.54) is 6.92 Å². The van der Waals surface area contributed by atoms with Crippen LogP contribution in [0, 0.1) is 5.41 Å². The summed E-state index contributed by atoms with van der Waals surface area (Å²) in [5, 5.41) is 0. The number of benzene rings is 1. The molecule has 0 aromatic heterocycles. The summed E-state index contributed by atoms with van der Waals surface area (Å²) in [7, 11) is 0. The summed E-state index contributed by atoms with van der Waals surface area (Å²) in [6.07, 6.45) is 5.98. The molecule has 0 N–H and O–H groups in total. The smallest absolute Gasteiger partial charge is 0.308 e. The maximum Gasteiger partial charge on any atom is 0.308 e. The van der Waals surface area contributed by atoms with Crippen LogP contribution in [0.15, 0.2) is 30.3 Å². The third-order valence-corrected chi connectivity index (χ3v) is 5.52. The van der Waals surface area contributed by atoms with Crippen LogP contribution in [-0.2, 0) is 19.1 Å². The summed E-state index contributed by atoms with van der Waals surface area (Å²) in [5.74, 6) is -0.255.